The van der Waals surface area contributed by atoms with Crippen molar-refractivity contribution in [3.8, 4) is 0 Å². The Morgan fingerprint density at radius 3 is 1.58 bits per heavy atom. The van der Waals surface area contributed by atoms with Crippen LogP contribution < -0.4 is 0 Å². The van der Waals surface area contributed by atoms with Gasteiger partial charge in [-0.1, -0.05) is 78.6 Å². The van der Waals surface area contributed by atoms with Crippen molar-refractivity contribution in [1.82, 2.24) is 4.90 Å². The van der Waals surface area contributed by atoms with Crippen molar-refractivity contribution in [2.45, 2.75) is 85.0 Å². The van der Waals surface area contributed by atoms with Gasteiger partial charge in [0.05, 0.1) is 0 Å². The van der Waals surface area contributed by atoms with Crippen LogP contribution in [0.1, 0.15) is 85.0 Å². The molecule has 0 saturated heterocycles. The van der Waals surface area contributed by atoms with E-state index in [1.165, 1.54) is 88.9 Å². The van der Waals surface area contributed by atoms with Crippen LogP contribution >= 0.6 is 11.8 Å². The first-order valence-electron chi connectivity index (χ1n) is 8.65. The van der Waals surface area contributed by atoms with E-state index in [1.54, 1.807) is 0 Å². The lowest BCUT2D eigenvalue weighted by molar-refractivity contribution is 0.358. The molecule has 0 aliphatic heterocycles. The van der Waals surface area contributed by atoms with Gasteiger partial charge in [-0.2, -0.15) is 0 Å². The molecule has 0 radical (unpaired) electrons. The van der Waals surface area contributed by atoms with Crippen LogP contribution in [-0.2, 0) is 0 Å². The Morgan fingerprint density at radius 2 is 1.11 bits per heavy atom. The van der Waals surface area contributed by atoms with Crippen LogP contribution in [0.5, 0.6) is 0 Å². The maximum Gasteiger partial charge on any atom is 0.0444 e. The molecule has 0 saturated carbocycles. The average Bonchev–Trinajstić information content (AvgIpc) is 2.44. The quantitative estimate of drug-likeness (QED) is 0.271. The van der Waals surface area contributed by atoms with Gasteiger partial charge in [-0.15, -0.1) is 11.8 Å². The summed E-state index contributed by atoms with van der Waals surface area (Å²) >= 11 is 2.11. The number of rotatable bonds is 15. The van der Waals surface area contributed by atoms with Crippen molar-refractivity contribution >= 4 is 11.8 Å². The highest BCUT2D eigenvalue weighted by Crippen LogP contribution is 2.12. The number of unbranched alkanes of at least 4 members (excludes halogenated alkanes) is 9. The standard InChI is InChI=1S/C17H37NS/c1-4-7-8-9-10-11-12-13-14-15-16-19-17-18(5-2)6-3/h4-17H2,1-3H3. The summed E-state index contributed by atoms with van der Waals surface area (Å²) in [5.74, 6) is 2.58. The van der Waals surface area contributed by atoms with E-state index < -0.39 is 0 Å². The molecule has 0 aromatic rings. The number of hydrogen-bond donors (Lipinski definition) is 0. The number of nitrogens with zero attached hydrogens (tertiary/aromatic N) is 1. The van der Waals surface area contributed by atoms with E-state index in [-0.39, 0.29) is 0 Å². The zero-order valence-electron chi connectivity index (χ0n) is 13.8. The molecule has 19 heavy (non-hydrogen) atoms. The fourth-order valence-corrected chi connectivity index (χ4v) is 3.45. The van der Waals surface area contributed by atoms with Gasteiger partial charge in [-0.05, 0) is 25.3 Å². The lowest BCUT2D eigenvalue weighted by Gasteiger charge is -2.16. The Kier molecular flexibility index (Phi) is 16.6. The minimum absolute atomic E-state index is 1.20. The molecule has 0 bridgehead atoms. The van der Waals surface area contributed by atoms with Gasteiger partial charge < -0.3 is 0 Å². The Balaban J connectivity index is 3.02. The molecule has 0 aromatic carbocycles. The minimum Gasteiger partial charge on any atom is -0.295 e. The van der Waals surface area contributed by atoms with Gasteiger partial charge in [0.2, 0.25) is 0 Å². The number of thioether (sulfide) groups is 1. The van der Waals surface area contributed by atoms with Crippen molar-refractivity contribution in [1.29, 1.82) is 0 Å². The van der Waals surface area contributed by atoms with Crippen molar-refractivity contribution in [2.75, 3.05) is 24.7 Å². The van der Waals surface area contributed by atoms with E-state index >= 15 is 0 Å². The number of hydrogen-bond acceptors (Lipinski definition) is 2. The molecule has 0 N–H and O–H groups in total. The topological polar surface area (TPSA) is 3.24 Å². The molecule has 116 valence electrons. The van der Waals surface area contributed by atoms with Gasteiger partial charge in [-0.25, -0.2) is 0 Å². The molecule has 2 heteroatoms. The maximum absolute atomic E-state index is 2.50. The van der Waals surface area contributed by atoms with E-state index in [1.807, 2.05) is 0 Å². The summed E-state index contributed by atoms with van der Waals surface area (Å²) < 4.78 is 0. The van der Waals surface area contributed by atoms with E-state index in [9.17, 15) is 0 Å². The van der Waals surface area contributed by atoms with Gasteiger partial charge in [-0.3, -0.25) is 4.90 Å². The van der Waals surface area contributed by atoms with Gasteiger partial charge in [0.25, 0.3) is 0 Å². The fraction of sp³-hybridized carbons (Fsp3) is 1.00. The molecular formula is C17H37NS. The van der Waals surface area contributed by atoms with Crippen LogP contribution in [0.15, 0.2) is 0 Å². The van der Waals surface area contributed by atoms with Gasteiger partial charge in [0.1, 0.15) is 0 Å². The highest BCUT2D eigenvalue weighted by molar-refractivity contribution is 7.99. The normalized spacial score (nSPS) is 11.4. The maximum atomic E-state index is 2.50. The van der Waals surface area contributed by atoms with Crippen LogP contribution in [0.25, 0.3) is 0 Å². The SMILES string of the molecule is CCCCCCCCCCCCSCN(CC)CC. The smallest absolute Gasteiger partial charge is 0.0444 e. The molecule has 0 amide bonds. The van der Waals surface area contributed by atoms with Crippen molar-refractivity contribution < 1.29 is 0 Å². The first-order valence-corrected chi connectivity index (χ1v) is 9.80. The first kappa shape index (κ1) is 19.3. The Bertz CT molecular complexity index is 157. The Morgan fingerprint density at radius 1 is 0.632 bits per heavy atom. The van der Waals surface area contributed by atoms with Crippen LogP contribution in [0, 0.1) is 0 Å². The van der Waals surface area contributed by atoms with Crippen LogP contribution in [0.3, 0.4) is 0 Å². The highest BCUT2D eigenvalue weighted by atomic mass is 32.2. The van der Waals surface area contributed by atoms with Crippen LogP contribution in [-0.4, -0.2) is 29.6 Å². The molecule has 0 aromatic heterocycles. The third-order valence-electron chi connectivity index (χ3n) is 3.81. The van der Waals surface area contributed by atoms with Crippen molar-refractivity contribution in [3.05, 3.63) is 0 Å². The lowest BCUT2D eigenvalue weighted by Crippen LogP contribution is -2.22. The monoisotopic (exact) mass is 287 g/mol. The van der Waals surface area contributed by atoms with E-state index in [2.05, 4.69) is 37.4 Å². The molecule has 0 spiro atoms. The molecule has 0 atom stereocenters. The summed E-state index contributed by atoms with van der Waals surface area (Å²) in [6.07, 6.45) is 14.4. The van der Waals surface area contributed by atoms with Crippen LogP contribution in [0.2, 0.25) is 0 Å². The average molecular weight is 288 g/mol. The summed E-state index contributed by atoms with van der Waals surface area (Å²) in [5, 5.41) is 0. The summed E-state index contributed by atoms with van der Waals surface area (Å²) in [6.45, 7) is 9.19. The van der Waals surface area contributed by atoms with Crippen LogP contribution in [0.4, 0.5) is 0 Å². The Labute approximate surface area is 126 Å². The second-order valence-electron chi connectivity index (χ2n) is 5.52. The highest BCUT2D eigenvalue weighted by Gasteiger charge is 1.98. The molecule has 0 rings (SSSR count). The van der Waals surface area contributed by atoms with Gasteiger partial charge >= 0.3 is 0 Å². The summed E-state index contributed by atoms with van der Waals surface area (Å²) in [6, 6.07) is 0. The molecule has 0 aliphatic carbocycles. The van der Waals surface area contributed by atoms with Crippen molar-refractivity contribution in [2.24, 2.45) is 0 Å². The third-order valence-corrected chi connectivity index (χ3v) is 4.94. The van der Waals surface area contributed by atoms with Crippen molar-refractivity contribution in [3.63, 3.8) is 0 Å². The molecule has 0 unspecified atom stereocenters. The van der Waals surface area contributed by atoms with E-state index in [0.29, 0.717) is 0 Å². The molecule has 0 fully saturated rings. The predicted molar refractivity (Wildman–Crippen MR) is 92.1 cm³/mol. The summed E-state index contributed by atoms with van der Waals surface area (Å²) in [4.78, 5) is 2.50. The summed E-state index contributed by atoms with van der Waals surface area (Å²) in [7, 11) is 0. The fourth-order valence-electron chi connectivity index (χ4n) is 2.29. The molecule has 1 nitrogen and oxygen atoms in total. The Hall–Kier alpha value is 0.310. The minimum atomic E-state index is 1.20. The lowest BCUT2D eigenvalue weighted by atomic mass is 10.1. The van der Waals surface area contributed by atoms with Gasteiger partial charge in [0.15, 0.2) is 0 Å². The second-order valence-corrected chi connectivity index (χ2v) is 6.60. The van der Waals surface area contributed by atoms with E-state index in [4.69, 9.17) is 0 Å². The zero-order chi connectivity index (χ0) is 14.2. The van der Waals surface area contributed by atoms with Gasteiger partial charge in [0, 0.05) is 5.88 Å². The largest absolute Gasteiger partial charge is 0.295 e. The zero-order valence-corrected chi connectivity index (χ0v) is 14.6. The second kappa shape index (κ2) is 16.4. The molecular weight excluding hydrogens is 250 g/mol. The first-order chi connectivity index (χ1) is 9.35. The van der Waals surface area contributed by atoms with E-state index in [0.717, 1.165) is 0 Å². The molecule has 0 heterocycles. The molecule has 0 aliphatic rings. The third kappa shape index (κ3) is 14.5. The summed E-state index contributed by atoms with van der Waals surface area (Å²) in [5.41, 5.74) is 0. The predicted octanol–water partition coefficient (Wildman–Crippen LogP) is 5.94.